The number of aliphatic carboxylic acids is 1. The predicted octanol–water partition coefficient (Wildman–Crippen LogP) is 3.73. The molecule has 1 aliphatic carbocycles. The minimum Gasteiger partial charge on any atom is -0.478 e. The summed E-state index contributed by atoms with van der Waals surface area (Å²) in [6, 6.07) is 0. The van der Waals surface area contributed by atoms with Gasteiger partial charge in [-0.25, -0.2) is 4.79 Å². The Labute approximate surface area is 168 Å². The summed E-state index contributed by atoms with van der Waals surface area (Å²) in [5.74, 6) is -0.807. The van der Waals surface area contributed by atoms with Crippen LogP contribution < -0.4 is 0 Å². The first-order chi connectivity index (χ1) is 13.4. The molecule has 2 N–H and O–H groups in total. The van der Waals surface area contributed by atoms with E-state index in [1.165, 1.54) is 5.92 Å². The van der Waals surface area contributed by atoms with Gasteiger partial charge in [0.05, 0.1) is 12.2 Å². The van der Waals surface area contributed by atoms with Crippen LogP contribution in [-0.4, -0.2) is 52.1 Å². The van der Waals surface area contributed by atoms with Gasteiger partial charge in [0.2, 0.25) is 0 Å². The van der Waals surface area contributed by atoms with E-state index in [1.807, 2.05) is 0 Å². The largest absolute Gasteiger partial charge is 0.478 e. The first-order valence-electron chi connectivity index (χ1n) is 8.76. The van der Waals surface area contributed by atoms with Crippen molar-refractivity contribution in [1.82, 2.24) is 0 Å². The maximum Gasteiger partial charge on any atom is 0.424 e. The molecule has 0 aromatic heterocycles. The minimum atomic E-state index is -5.24. The quantitative estimate of drug-likeness (QED) is 0.280. The monoisotopic (exact) mass is 442 g/mol. The SMILES string of the molecule is CC1=CC2(CC(C)(C(F)(F)F)C1(O)C#C/C(=C\C(=O)O)C(F)(F)F)OC(C)C(C)O2. The molecule has 0 amide bonds. The molecule has 0 saturated carbocycles. The molecule has 1 aliphatic heterocycles. The van der Waals surface area contributed by atoms with Gasteiger partial charge in [-0.1, -0.05) is 11.8 Å². The highest BCUT2D eigenvalue weighted by Gasteiger charge is 2.69. The van der Waals surface area contributed by atoms with E-state index in [9.17, 15) is 36.2 Å². The second-order valence-electron chi connectivity index (χ2n) is 7.65. The van der Waals surface area contributed by atoms with Crippen LogP contribution in [0.3, 0.4) is 0 Å². The molecule has 1 saturated heterocycles. The Balaban J connectivity index is 2.69. The molecule has 4 atom stereocenters. The number of aliphatic hydroxyl groups is 1. The van der Waals surface area contributed by atoms with Gasteiger partial charge >= 0.3 is 18.3 Å². The lowest BCUT2D eigenvalue weighted by Crippen LogP contribution is -2.61. The Morgan fingerprint density at radius 1 is 1.20 bits per heavy atom. The molecule has 1 spiro atoms. The number of rotatable bonds is 1. The van der Waals surface area contributed by atoms with Crippen LogP contribution in [-0.2, 0) is 14.3 Å². The average Bonchev–Trinajstić information content (AvgIpc) is 2.80. The van der Waals surface area contributed by atoms with E-state index < -0.39 is 64.9 Å². The average molecular weight is 442 g/mol. The predicted molar refractivity (Wildman–Crippen MR) is 90.9 cm³/mol. The van der Waals surface area contributed by atoms with Crippen molar-refractivity contribution in [2.45, 2.75) is 70.1 Å². The number of carbonyl (C=O) groups is 1. The lowest BCUT2D eigenvalue weighted by atomic mass is 9.62. The van der Waals surface area contributed by atoms with Gasteiger partial charge < -0.3 is 19.7 Å². The topological polar surface area (TPSA) is 76.0 Å². The van der Waals surface area contributed by atoms with Crippen LogP contribution in [0.15, 0.2) is 23.3 Å². The molecule has 168 valence electrons. The third-order valence-electron chi connectivity index (χ3n) is 5.41. The fourth-order valence-electron chi connectivity index (χ4n) is 3.55. The van der Waals surface area contributed by atoms with Gasteiger partial charge in [-0.15, -0.1) is 0 Å². The van der Waals surface area contributed by atoms with Crippen LogP contribution in [0.4, 0.5) is 26.3 Å². The Hall–Kier alpha value is -2.03. The lowest BCUT2D eigenvalue weighted by molar-refractivity contribution is -0.294. The molecular formula is C19H20F6O5. The number of hydrogen-bond acceptors (Lipinski definition) is 4. The zero-order chi connectivity index (χ0) is 23.3. The highest BCUT2D eigenvalue weighted by atomic mass is 19.4. The molecule has 2 rings (SSSR count). The molecule has 4 unspecified atom stereocenters. The minimum absolute atomic E-state index is 0.281. The molecule has 5 nitrogen and oxygen atoms in total. The van der Waals surface area contributed by atoms with Crippen LogP contribution in [0.25, 0.3) is 0 Å². The number of hydrogen-bond donors (Lipinski definition) is 2. The van der Waals surface area contributed by atoms with E-state index in [2.05, 4.69) is 0 Å². The van der Waals surface area contributed by atoms with Crippen molar-refractivity contribution in [3.05, 3.63) is 23.3 Å². The maximum atomic E-state index is 14.1. The summed E-state index contributed by atoms with van der Waals surface area (Å²) in [4.78, 5) is 10.6. The smallest absolute Gasteiger partial charge is 0.424 e. The van der Waals surface area contributed by atoms with Crippen LogP contribution in [0, 0.1) is 17.3 Å². The first-order valence-corrected chi connectivity index (χ1v) is 8.76. The number of allylic oxidation sites excluding steroid dienone is 1. The van der Waals surface area contributed by atoms with E-state index in [1.54, 1.807) is 19.8 Å². The van der Waals surface area contributed by atoms with Gasteiger partial charge in [0.1, 0.15) is 11.0 Å². The van der Waals surface area contributed by atoms with Gasteiger partial charge in [-0.3, -0.25) is 0 Å². The van der Waals surface area contributed by atoms with Crippen molar-refractivity contribution >= 4 is 5.97 Å². The Kier molecular flexibility index (Phi) is 5.89. The second kappa shape index (κ2) is 7.28. The van der Waals surface area contributed by atoms with Crippen LogP contribution in [0.1, 0.15) is 34.1 Å². The molecule has 2 aliphatic rings. The molecule has 0 aromatic carbocycles. The van der Waals surface area contributed by atoms with Gasteiger partial charge in [0.15, 0.2) is 11.4 Å². The molecule has 0 aromatic rings. The zero-order valence-corrected chi connectivity index (χ0v) is 16.4. The summed E-state index contributed by atoms with van der Waals surface area (Å²) in [5, 5.41) is 19.5. The fraction of sp³-hybridized carbons (Fsp3) is 0.632. The Morgan fingerprint density at radius 3 is 2.10 bits per heavy atom. The third-order valence-corrected chi connectivity index (χ3v) is 5.41. The molecule has 0 bridgehead atoms. The van der Waals surface area contributed by atoms with Crippen molar-refractivity contribution < 1.29 is 50.8 Å². The van der Waals surface area contributed by atoms with Crippen LogP contribution in [0.2, 0.25) is 0 Å². The van der Waals surface area contributed by atoms with E-state index >= 15 is 0 Å². The molecule has 11 heteroatoms. The van der Waals surface area contributed by atoms with Crippen molar-refractivity contribution in [2.24, 2.45) is 5.41 Å². The zero-order valence-electron chi connectivity index (χ0n) is 16.4. The maximum absolute atomic E-state index is 14.1. The second-order valence-corrected chi connectivity index (χ2v) is 7.65. The summed E-state index contributed by atoms with van der Waals surface area (Å²) in [6.45, 7) is 4.84. The van der Waals surface area contributed by atoms with E-state index in [0.717, 1.165) is 13.0 Å². The number of carboxylic acid groups (broad SMARTS) is 1. The van der Waals surface area contributed by atoms with E-state index in [-0.39, 0.29) is 6.08 Å². The number of ether oxygens (including phenoxy) is 2. The molecule has 30 heavy (non-hydrogen) atoms. The number of alkyl halides is 6. The lowest BCUT2D eigenvalue weighted by Gasteiger charge is -2.50. The van der Waals surface area contributed by atoms with Crippen molar-refractivity contribution in [3.8, 4) is 11.8 Å². The Morgan fingerprint density at radius 2 is 1.70 bits per heavy atom. The molecule has 1 heterocycles. The van der Waals surface area contributed by atoms with Gasteiger partial charge in [0.25, 0.3) is 0 Å². The fourth-order valence-corrected chi connectivity index (χ4v) is 3.55. The van der Waals surface area contributed by atoms with Gasteiger partial charge in [0, 0.05) is 12.5 Å². The van der Waals surface area contributed by atoms with Crippen LogP contribution in [0.5, 0.6) is 0 Å². The standard InChI is InChI=1S/C19H20F6O5/c1-10-8-16(29-11(2)12(3)30-16)9-15(4,19(23,24)25)17(10,28)6-5-13(7-14(26)27)18(20,21)22/h7-8,11-12,28H,9H2,1-4H3,(H,26,27)/b13-7+. The van der Waals surface area contributed by atoms with Gasteiger partial charge in [-0.05, 0) is 39.3 Å². The summed E-state index contributed by atoms with van der Waals surface area (Å²) in [6.07, 6.45) is -11.7. The van der Waals surface area contributed by atoms with Gasteiger partial charge in [-0.2, -0.15) is 26.3 Å². The van der Waals surface area contributed by atoms with E-state index in [4.69, 9.17) is 14.6 Å². The summed E-state index contributed by atoms with van der Waals surface area (Å²) in [7, 11) is 0. The van der Waals surface area contributed by atoms with Crippen molar-refractivity contribution in [2.75, 3.05) is 0 Å². The summed E-state index contributed by atoms with van der Waals surface area (Å²) < 4.78 is 92.5. The first kappa shape index (κ1) is 24.2. The van der Waals surface area contributed by atoms with Crippen molar-refractivity contribution in [3.63, 3.8) is 0 Å². The molecule has 0 radical (unpaired) electrons. The molecule has 1 fully saturated rings. The highest BCUT2D eigenvalue weighted by Crippen LogP contribution is 2.58. The third kappa shape index (κ3) is 4.08. The number of halogens is 6. The normalized spacial score (nSPS) is 37.6. The van der Waals surface area contributed by atoms with E-state index in [0.29, 0.717) is 6.92 Å². The van der Waals surface area contributed by atoms with Crippen molar-refractivity contribution in [1.29, 1.82) is 0 Å². The Bertz CT molecular complexity index is 836. The molecular weight excluding hydrogens is 422 g/mol. The van der Waals surface area contributed by atoms with Crippen LogP contribution >= 0.6 is 0 Å². The number of carboxylic acids is 1. The summed E-state index contributed by atoms with van der Waals surface area (Å²) in [5.41, 5.74) is -8.52. The summed E-state index contributed by atoms with van der Waals surface area (Å²) >= 11 is 0. The highest BCUT2D eigenvalue weighted by molar-refractivity contribution is 5.82.